The lowest BCUT2D eigenvalue weighted by atomic mass is 10.0. The van der Waals surface area contributed by atoms with Crippen LogP contribution in [0, 0.1) is 0 Å². The molecule has 0 saturated carbocycles. The molecule has 10 heteroatoms. The highest BCUT2D eigenvalue weighted by molar-refractivity contribution is 7.45. The van der Waals surface area contributed by atoms with Crippen molar-refractivity contribution in [2.75, 3.05) is 40.9 Å². The highest BCUT2D eigenvalue weighted by atomic mass is 31.2. The van der Waals surface area contributed by atoms with Crippen LogP contribution in [-0.4, -0.2) is 69.4 Å². The number of allylic oxidation sites excluding steroid dienone is 5. The van der Waals surface area contributed by atoms with Crippen molar-refractivity contribution in [3.05, 3.63) is 36.5 Å². The van der Waals surface area contributed by atoms with Gasteiger partial charge in [0, 0.05) is 12.8 Å². The number of nitrogens with one attached hydrogen (secondary N) is 1. The molecule has 3 atom stereocenters. The molecule has 0 aliphatic rings. The fourth-order valence-electron chi connectivity index (χ4n) is 11.1. The van der Waals surface area contributed by atoms with Crippen molar-refractivity contribution in [2.24, 2.45) is 0 Å². The molecule has 0 heterocycles. The van der Waals surface area contributed by atoms with Gasteiger partial charge in [-0.2, -0.15) is 0 Å². The zero-order valence-corrected chi connectivity index (χ0v) is 57.8. The van der Waals surface area contributed by atoms with Gasteiger partial charge in [0.05, 0.1) is 33.8 Å². The molecule has 0 radical (unpaired) electrons. The maximum atomic E-state index is 13.6. The third kappa shape index (κ3) is 64.7. The number of amides is 1. The summed E-state index contributed by atoms with van der Waals surface area (Å²) in [5.41, 5.74) is 0. The third-order valence-electron chi connectivity index (χ3n) is 16.8. The zero-order valence-electron chi connectivity index (χ0n) is 56.9. The number of esters is 1. The Kier molecular flexibility index (Phi) is 62.9. The molecular formula is C74H143N2O7P. The Bertz CT molecular complexity index is 1530. The van der Waals surface area contributed by atoms with Crippen LogP contribution >= 0.6 is 7.82 Å². The lowest BCUT2D eigenvalue weighted by molar-refractivity contribution is -0.870. The van der Waals surface area contributed by atoms with Gasteiger partial charge in [-0.3, -0.25) is 14.2 Å². The summed E-state index contributed by atoms with van der Waals surface area (Å²) in [7, 11) is 1.20. The number of carbonyl (C=O) groups is 2. The minimum Gasteiger partial charge on any atom is -0.756 e. The lowest BCUT2D eigenvalue weighted by Crippen LogP contribution is -2.47. The van der Waals surface area contributed by atoms with E-state index in [1.165, 1.54) is 283 Å². The summed E-state index contributed by atoms with van der Waals surface area (Å²) >= 11 is 0. The average Bonchev–Trinajstić information content (AvgIpc) is 3.64. The number of phosphoric acid groups is 1. The quantitative estimate of drug-likeness (QED) is 0.0212. The van der Waals surface area contributed by atoms with E-state index < -0.39 is 20.0 Å². The van der Waals surface area contributed by atoms with Gasteiger partial charge in [0.25, 0.3) is 7.82 Å². The van der Waals surface area contributed by atoms with Gasteiger partial charge in [-0.25, -0.2) is 0 Å². The van der Waals surface area contributed by atoms with Gasteiger partial charge < -0.3 is 28.5 Å². The number of carbonyl (C=O) groups excluding carboxylic acids is 2. The first-order chi connectivity index (χ1) is 40.9. The molecular weight excluding hydrogens is 1060 g/mol. The second kappa shape index (κ2) is 64.2. The molecule has 0 saturated heterocycles. The molecule has 0 bridgehead atoms. The van der Waals surface area contributed by atoms with Crippen LogP contribution < -0.4 is 10.2 Å². The number of unbranched alkanes of at least 4 members (excludes halogenated alkanes) is 48. The van der Waals surface area contributed by atoms with E-state index in [4.69, 9.17) is 13.8 Å². The summed E-state index contributed by atoms with van der Waals surface area (Å²) in [6, 6.07) is -0.886. The fourth-order valence-corrected chi connectivity index (χ4v) is 11.8. The van der Waals surface area contributed by atoms with Crippen LogP contribution in [0.2, 0.25) is 0 Å². The molecule has 9 nitrogen and oxygen atoms in total. The van der Waals surface area contributed by atoms with Crippen LogP contribution in [0.15, 0.2) is 36.5 Å². The van der Waals surface area contributed by atoms with Crippen LogP contribution in [0.4, 0.5) is 0 Å². The predicted octanol–water partition coefficient (Wildman–Crippen LogP) is 22.8. The highest BCUT2D eigenvalue weighted by Gasteiger charge is 2.27. The number of phosphoric ester groups is 1. The number of nitrogens with zero attached hydrogens (tertiary/aromatic N) is 1. The summed E-state index contributed by atoms with van der Waals surface area (Å²) in [5, 5.41) is 3.05. The molecule has 0 rings (SSSR count). The predicted molar refractivity (Wildman–Crippen MR) is 363 cm³/mol. The van der Waals surface area contributed by atoms with Crippen molar-refractivity contribution in [1.29, 1.82) is 0 Å². The molecule has 84 heavy (non-hydrogen) atoms. The summed E-state index contributed by atoms with van der Waals surface area (Å²) in [5.74, 6) is -0.522. The number of rotatable bonds is 68. The molecule has 1 amide bonds. The van der Waals surface area contributed by atoms with Gasteiger partial charge in [-0.05, 0) is 83.1 Å². The summed E-state index contributed by atoms with van der Waals surface area (Å²) in [4.78, 5) is 40.2. The first-order valence-electron chi connectivity index (χ1n) is 36.8. The average molecular weight is 1200 g/mol. The molecule has 0 aliphatic carbocycles. The Morgan fingerprint density at radius 2 is 0.690 bits per heavy atom. The van der Waals surface area contributed by atoms with Crippen molar-refractivity contribution >= 4 is 19.7 Å². The Balaban J connectivity index is 5.00. The largest absolute Gasteiger partial charge is 0.756 e. The Hall–Kier alpha value is -1.77. The van der Waals surface area contributed by atoms with E-state index in [2.05, 4.69) is 50.4 Å². The number of likely N-dealkylation sites (N-methyl/N-ethyl adjacent to an activating group) is 1. The Morgan fingerprint density at radius 1 is 0.405 bits per heavy atom. The lowest BCUT2D eigenvalue weighted by Gasteiger charge is -2.30. The van der Waals surface area contributed by atoms with E-state index in [9.17, 15) is 19.0 Å². The number of hydrogen-bond donors (Lipinski definition) is 1. The van der Waals surface area contributed by atoms with Crippen molar-refractivity contribution in [3.8, 4) is 0 Å². The van der Waals surface area contributed by atoms with Crippen LogP contribution in [-0.2, 0) is 27.9 Å². The molecule has 3 unspecified atom stereocenters. The molecule has 0 spiro atoms. The first-order valence-corrected chi connectivity index (χ1v) is 38.3. The first kappa shape index (κ1) is 82.2. The zero-order chi connectivity index (χ0) is 61.4. The standard InChI is InChI=1S/C74H143N2O7P/c1-7-10-13-16-19-22-25-28-30-32-34-36-37-38-39-41-42-44-46-48-51-54-57-60-63-66-73(77)75-71(70-82-84(79,80)81-69-68-76(4,5)6)72(65-62-59-56-53-50-27-24-21-18-15-12-9-3)83-74(78)67-64-61-58-55-52-49-47-45-43-40-35-33-31-29-26-23-20-17-14-11-8-2/h28-31,62,65,71-72H,7-27,32-61,63-64,66-70H2,1-6H3,(H-,75,77,79,80)/b30-28+,31-29+,65-62-. The second-order valence-corrected chi connectivity index (χ2v) is 27.9. The Morgan fingerprint density at radius 3 is 1.01 bits per heavy atom. The van der Waals surface area contributed by atoms with E-state index in [1.807, 2.05) is 33.3 Å². The molecule has 0 fully saturated rings. The minimum absolute atomic E-state index is 0.0195. The summed E-state index contributed by atoms with van der Waals surface area (Å²) in [6.45, 7) is 6.90. The molecule has 0 aliphatic heterocycles. The fraction of sp³-hybridized carbons (Fsp3) is 0.892. The molecule has 1 N–H and O–H groups in total. The van der Waals surface area contributed by atoms with E-state index in [0.29, 0.717) is 17.4 Å². The van der Waals surface area contributed by atoms with E-state index in [0.717, 1.165) is 57.8 Å². The SMILES string of the molecule is CCCCCCCC/C=C/CCCCCCCCCCCCCCCCCC(=O)NC(COP(=O)([O-])OCC[N+](C)(C)C)C(/C=C\CCCCCCCCCCCC)OC(=O)CCCCCCCCCCCCC/C=C/CCCCCCCC. The van der Waals surface area contributed by atoms with Crippen molar-refractivity contribution in [1.82, 2.24) is 5.32 Å². The molecule has 0 aromatic carbocycles. The highest BCUT2D eigenvalue weighted by Crippen LogP contribution is 2.38. The Labute approximate surface area is 523 Å². The maximum absolute atomic E-state index is 13.6. The minimum atomic E-state index is -4.70. The second-order valence-electron chi connectivity index (χ2n) is 26.4. The van der Waals surface area contributed by atoms with Gasteiger partial charge in [0.15, 0.2) is 0 Å². The molecule has 0 aromatic rings. The van der Waals surface area contributed by atoms with Crippen LogP contribution in [0.25, 0.3) is 0 Å². The normalized spacial score (nSPS) is 13.7. The molecule has 496 valence electrons. The number of ether oxygens (including phenoxy) is 1. The third-order valence-corrected chi connectivity index (χ3v) is 17.8. The van der Waals surface area contributed by atoms with Gasteiger partial charge in [-0.1, -0.05) is 314 Å². The van der Waals surface area contributed by atoms with Crippen molar-refractivity contribution in [2.45, 2.75) is 386 Å². The maximum Gasteiger partial charge on any atom is 0.306 e. The smallest absolute Gasteiger partial charge is 0.306 e. The van der Waals surface area contributed by atoms with Crippen LogP contribution in [0.1, 0.15) is 374 Å². The van der Waals surface area contributed by atoms with E-state index in [1.54, 1.807) is 0 Å². The van der Waals surface area contributed by atoms with Gasteiger partial charge in [0.1, 0.15) is 19.3 Å². The monoisotopic (exact) mass is 1200 g/mol. The van der Waals surface area contributed by atoms with Crippen LogP contribution in [0.5, 0.6) is 0 Å². The van der Waals surface area contributed by atoms with Crippen LogP contribution in [0.3, 0.4) is 0 Å². The number of hydrogen-bond acceptors (Lipinski definition) is 7. The topological polar surface area (TPSA) is 114 Å². The van der Waals surface area contributed by atoms with Gasteiger partial charge in [-0.15, -0.1) is 0 Å². The van der Waals surface area contributed by atoms with E-state index >= 15 is 0 Å². The molecule has 0 aromatic heterocycles. The summed E-state index contributed by atoms with van der Waals surface area (Å²) in [6.07, 6.45) is 79.9. The van der Waals surface area contributed by atoms with Gasteiger partial charge >= 0.3 is 5.97 Å². The number of quaternary nitrogens is 1. The van der Waals surface area contributed by atoms with Gasteiger partial charge in [0.2, 0.25) is 5.91 Å². The summed E-state index contributed by atoms with van der Waals surface area (Å²) < 4.78 is 30.5. The van der Waals surface area contributed by atoms with E-state index in [-0.39, 0.29) is 31.5 Å². The van der Waals surface area contributed by atoms with Crippen molar-refractivity contribution in [3.63, 3.8) is 0 Å². The van der Waals surface area contributed by atoms with Crippen molar-refractivity contribution < 1.29 is 37.3 Å².